The Hall–Kier alpha value is -2.19. The maximum atomic E-state index is 13.0. The van der Waals surface area contributed by atoms with Gasteiger partial charge in [0.15, 0.2) is 0 Å². The lowest BCUT2D eigenvalue weighted by Crippen LogP contribution is -2.31. The highest BCUT2D eigenvalue weighted by Gasteiger charge is 2.18. The summed E-state index contributed by atoms with van der Waals surface area (Å²) in [7, 11) is 1.75. The fraction of sp³-hybridized carbons (Fsp3) is 0.278. The van der Waals surface area contributed by atoms with Crippen molar-refractivity contribution in [3.05, 3.63) is 63.9 Å². The van der Waals surface area contributed by atoms with Gasteiger partial charge in [-0.3, -0.25) is 9.89 Å². The van der Waals surface area contributed by atoms with Crippen LogP contribution in [0.5, 0.6) is 0 Å². The molecule has 1 N–H and O–H groups in total. The summed E-state index contributed by atoms with van der Waals surface area (Å²) < 4.78 is 13.0. The Labute approximate surface area is 159 Å². The summed E-state index contributed by atoms with van der Waals surface area (Å²) in [5.41, 5.74) is 0.892. The molecule has 26 heavy (non-hydrogen) atoms. The predicted molar refractivity (Wildman–Crippen MR) is 102 cm³/mol. The standard InChI is InChI=1S/C18H19FN4OS2/c1-12(13-5-7-14(19)8-6-13)23(2)17(24)11-26-18-20-16(21-22-18)10-15-4-3-9-25-15/h3-9,12H,10-11H2,1-2H3,(H,20,21,22). The minimum absolute atomic E-state index is 0.0311. The van der Waals surface area contributed by atoms with Crippen LogP contribution in [0.2, 0.25) is 0 Å². The lowest BCUT2D eigenvalue weighted by Gasteiger charge is -2.25. The molecule has 0 fully saturated rings. The molecule has 0 aliphatic carbocycles. The minimum atomic E-state index is -0.284. The zero-order chi connectivity index (χ0) is 18.5. The number of amides is 1. The van der Waals surface area contributed by atoms with E-state index in [4.69, 9.17) is 0 Å². The number of aromatic amines is 1. The van der Waals surface area contributed by atoms with Gasteiger partial charge in [-0.1, -0.05) is 30.0 Å². The van der Waals surface area contributed by atoms with E-state index in [1.165, 1.54) is 28.8 Å². The van der Waals surface area contributed by atoms with Crippen molar-refractivity contribution in [2.45, 2.75) is 24.5 Å². The lowest BCUT2D eigenvalue weighted by atomic mass is 10.1. The highest BCUT2D eigenvalue weighted by molar-refractivity contribution is 7.99. The number of hydrogen-bond acceptors (Lipinski definition) is 5. The number of nitrogens with zero attached hydrogens (tertiary/aromatic N) is 3. The summed E-state index contributed by atoms with van der Waals surface area (Å²) in [5.74, 6) is 0.721. The van der Waals surface area contributed by atoms with Gasteiger partial charge in [0.2, 0.25) is 11.1 Å². The second-order valence-corrected chi connectivity index (χ2v) is 7.82. The number of thioether (sulfide) groups is 1. The number of carbonyl (C=O) groups is 1. The lowest BCUT2D eigenvalue weighted by molar-refractivity contribution is -0.128. The molecule has 5 nitrogen and oxygen atoms in total. The molecular weight excluding hydrogens is 371 g/mol. The van der Waals surface area contributed by atoms with Crippen molar-refractivity contribution in [3.63, 3.8) is 0 Å². The molecule has 2 heterocycles. The van der Waals surface area contributed by atoms with Crippen LogP contribution in [0.3, 0.4) is 0 Å². The molecular formula is C18H19FN4OS2. The van der Waals surface area contributed by atoms with Crippen molar-refractivity contribution < 1.29 is 9.18 Å². The molecule has 0 spiro atoms. The molecule has 0 aliphatic rings. The van der Waals surface area contributed by atoms with Crippen molar-refractivity contribution in [2.75, 3.05) is 12.8 Å². The van der Waals surface area contributed by atoms with E-state index in [0.29, 0.717) is 11.6 Å². The fourth-order valence-electron chi connectivity index (χ4n) is 2.41. The number of carbonyl (C=O) groups excluding carboxylic acids is 1. The van der Waals surface area contributed by atoms with Gasteiger partial charge in [0, 0.05) is 18.3 Å². The van der Waals surface area contributed by atoms with Crippen molar-refractivity contribution >= 4 is 29.0 Å². The van der Waals surface area contributed by atoms with E-state index in [-0.39, 0.29) is 23.5 Å². The second-order valence-electron chi connectivity index (χ2n) is 5.84. The van der Waals surface area contributed by atoms with E-state index in [9.17, 15) is 9.18 Å². The molecule has 0 saturated carbocycles. The van der Waals surface area contributed by atoms with E-state index in [1.54, 1.807) is 35.4 Å². The van der Waals surface area contributed by atoms with Crippen LogP contribution in [0.25, 0.3) is 0 Å². The Kier molecular flexibility index (Phi) is 6.05. The molecule has 3 rings (SSSR count). The van der Waals surface area contributed by atoms with Gasteiger partial charge in [0.1, 0.15) is 11.6 Å². The summed E-state index contributed by atoms with van der Waals surface area (Å²) in [5, 5.41) is 9.66. The number of hydrogen-bond donors (Lipinski definition) is 1. The topological polar surface area (TPSA) is 61.9 Å². The van der Waals surface area contributed by atoms with E-state index >= 15 is 0 Å². The van der Waals surface area contributed by atoms with Crippen molar-refractivity contribution in [2.24, 2.45) is 0 Å². The fourth-order valence-corrected chi connectivity index (χ4v) is 3.86. The molecule has 1 atom stereocenters. The first kappa shape index (κ1) is 18.6. The van der Waals surface area contributed by atoms with Gasteiger partial charge in [-0.15, -0.1) is 16.4 Å². The molecule has 1 aromatic carbocycles. The summed E-state index contributed by atoms with van der Waals surface area (Å²) in [4.78, 5) is 19.7. The quantitative estimate of drug-likeness (QED) is 0.622. The van der Waals surface area contributed by atoms with Crippen LogP contribution in [0.15, 0.2) is 46.9 Å². The molecule has 1 unspecified atom stereocenters. The number of H-pyrrole nitrogens is 1. The first-order valence-electron chi connectivity index (χ1n) is 8.10. The van der Waals surface area contributed by atoms with Crippen molar-refractivity contribution in [1.82, 2.24) is 20.1 Å². The third-order valence-electron chi connectivity index (χ3n) is 4.08. The first-order valence-corrected chi connectivity index (χ1v) is 9.97. The maximum Gasteiger partial charge on any atom is 0.233 e. The van der Waals surface area contributed by atoms with Gasteiger partial charge in [-0.05, 0) is 36.1 Å². The Morgan fingerprint density at radius 1 is 1.35 bits per heavy atom. The van der Waals surface area contributed by atoms with Gasteiger partial charge in [0.25, 0.3) is 0 Å². The predicted octanol–water partition coefficient (Wildman–Crippen LogP) is 3.91. The van der Waals surface area contributed by atoms with Crippen LogP contribution in [-0.4, -0.2) is 38.8 Å². The highest BCUT2D eigenvalue weighted by Crippen LogP contribution is 2.21. The molecule has 0 saturated heterocycles. The number of rotatable bonds is 7. The Balaban J connectivity index is 1.53. The second kappa shape index (κ2) is 8.46. The van der Waals surface area contributed by atoms with Gasteiger partial charge < -0.3 is 4.90 Å². The Morgan fingerprint density at radius 2 is 2.12 bits per heavy atom. The number of aromatic nitrogens is 3. The zero-order valence-corrected chi connectivity index (χ0v) is 16.1. The average Bonchev–Trinajstić information content (AvgIpc) is 3.31. The maximum absolute atomic E-state index is 13.0. The van der Waals surface area contributed by atoms with E-state index in [2.05, 4.69) is 21.2 Å². The van der Waals surface area contributed by atoms with Gasteiger partial charge >= 0.3 is 0 Å². The third kappa shape index (κ3) is 4.70. The normalized spacial score (nSPS) is 12.1. The van der Waals surface area contributed by atoms with E-state index in [0.717, 1.165) is 11.4 Å². The molecule has 0 radical (unpaired) electrons. The highest BCUT2D eigenvalue weighted by atomic mass is 32.2. The number of thiophene rings is 1. The molecule has 8 heteroatoms. The van der Waals surface area contributed by atoms with Crippen molar-refractivity contribution in [3.8, 4) is 0 Å². The number of nitrogens with one attached hydrogen (secondary N) is 1. The molecule has 1 amide bonds. The molecule has 136 valence electrons. The smallest absolute Gasteiger partial charge is 0.233 e. The van der Waals surface area contributed by atoms with Gasteiger partial charge in [-0.2, -0.15) is 0 Å². The number of benzene rings is 1. The van der Waals surface area contributed by atoms with Crippen LogP contribution in [-0.2, 0) is 11.2 Å². The zero-order valence-electron chi connectivity index (χ0n) is 14.5. The summed E-state index contributed by atoms with van der Waals surface area (Å²) in [6, 6.07) is 10.1. The van der Waals surface area contributed by atoms with E-state index in [1.807, 2.05) is 18.4 Å². The molecule has 2 aromatic heterocycles. The van der Waals surface area contributed by atoms with Gasteiger partial charge in [0.05, 0.1) is 11.8 Å². The summed E-state index contributed by atoms with van der Waals surface area (Å²) in [6.45, 7) is 1.92. The van der Waals surface area contributed by atoms with E-state index < -0.39 is 0 Å². The third-order valence-corrected chi connectivity index (χ3v) is 5.79. The summed E-state index contributed by atoms with van der Waals surface area (Å²) in [6.07, 6.45) is 0.709. The van der Waals surface area contributed by atoms with Crippen LogP contribution in [0, 0.1) is 5.82 Å². The monoisotopic (exact) mass is 390 g/mol. The van der Waals surface area contributed by atoms with Crippen LogP contribution < -0.4 is 0 Å². The molecule has 0 bridgehead atoms. The number of halogens is 1. The van der Waals surface area contributed by atoms with Crippen LogP contribution in [0.1, 0.15) is 29.2 Å². The Bertz CT molecular complexity index is 848. The minimum Gasteiger partial charge on any atom is -0.338 e. The molecule has 3 aromatic rings. The van der Waals surface area contributed by atoms with Crippen LogP contribution >= 0.6 is 23.1 Å². The first-order chi connectivity index (χ1) is 12.5. The van der Waals surface area contributed by atoms with Crippen molar-refractivity contribution in [1.29, 1.82) is 0 Å². The average molecular weight is 391 g/mol. The molecule has 0 aliphatic heterocycles. The Morgan fingerprint density at radius 3 is 2.81 bits per heavy atom. The van der Waals surface area contributed by atoms with Crippen LogP contribution in [0.4, 0.5) is 4.39 Å². The van der Waals surface area contributed by atoms with Gasteiger partial charge in [-0.25, -0.2) is 9.37 Å². The SMILES string of the molecule is CC(c1ccc(F)cc1)N(C)C(=O)CSc1n[nH]c(Cc2cccs2)n1. The largest absolute Gasteiger partial charge is 0.338 e. The summed E-state index contributed by atoms with van der Waals surface area (Å²) >= 11 is 2.98.